The van der Waals surface area contributed by atoms with E-state index in [1.165, 1.54) is 19.3 Å². The second kappa shape index (κ2) is 8.56. The van der Waals surface area contributed by atoms with Crippen LogP contribution in [0.1, 0.15) is 32.1 Å². The third-order valence-electron chi connectivity index (χ3n) is 4.05. The first-order valence-corrected chi connectivity index (χ1v) is 8.16. The van der Waals surface area contributed by atoms with Crippen LogP contribution >= 0.6 is 35.7 Å². The molecule has 4 nitrogen and oxygen atoms in total. The van der Waals surface area contributed by atoms with Gasteiger partial charge in [-0.1, -0.05) is 0 Å². The van der Waals surface area contributed by atoms with Crippen molar-refractivity contribution in [2.45, 2.75) is 36.9 Å². The van der Waals surface area contributed by atoms with Gasteiger partial charge in [-0.05, 0) is 38.4 Å². The molecule has 0 aromatic carbocycles. The summed E-state index contributed by atoms with van der Waals surface area (Å²) in [7, 11) is 0. The molecule has 2 fully saturated rings. The van der Waals surface area contributed by atoms with Gasteiger partial charge in [-0.15, -0.1) is 24.0 Å². The Bertz CT molecular complexity index is 290. The van der Waals surface area contributed by atoms with Crippen molar-refractivity contribution in [1.29, 1.82) is 0 Å². The highest BCUT2D eigenvalue weighted by Gasteiger charge is 2.31. The standard InChI is InChI=1S/C13H25N3OS.HI/c1-18-13(5-9-17-10-6-13)11-15-12(14)16-7-3-2-4-8-16;/h2-11H2,1H3,(H2,14,15);1H. The predicted octanol–water partition coefficient (Wildman–Crippen LogP) is 2.32. The molecule has 0 spiro atoms. The summed E-state index contributed by atoms with van der Waals surface area (Å²) < 4.78 is 5.69. The molecule has 2 saturated heterocycles. The normalized spacial score (nSPS) is 23.8. The van der Waals surface area contributed by atoms with E-state index in [-0.39, 0.29) is 28.7 Å². The van der Waals surface area contributed by atoms with Gasteiger partial charge in [-0.3, -0.25) is 4.99 Å². The van der Waals surface area contributed by atoms with Gasteiger partial charge in [0.15, 0.2) is 5.96 Å². The lowest BCUT2D eigenvalue weighted by Gasteiger charge is -2.35. The van der Waals surface area contributed by atoms with E-state index in [9.17, 15) is 0 Å². The summed E-state index contributed by atoms with van der Waals surface area (Å²) in [6, 6.07) is 0. The lowest BCUT2D eigenvalue weighted by atomic mass is 9.99. The number of halogens is 1. The maximum atomic E-state index is 6.11. The topological polar surface area (TPSA) is 50.8 Å². The van der Waals surface area contributed by atoms with Crippen LogP contribution in [0.15, 0.2) is 4.99 Å². The quantitative estimate of drug-likeness (QED) is 0.450. The van der Waals surface area contributed by atoms with Crippen LogP contribution in [0, 0.1) is 0 Å². The molecular formula is C13H26IN3OS. The molecular weight excluding hydrogens is 373 g/mol. The van der Waals surface area contributed by atoms with Crippen molar-refractivity contribution in [1.82, 2.24) is 4.90 Å². The second-order valence-electron chi connectivity index (χ2n) is 5.22. The van der Waals surface area contributed by atoms with Crippen LogP contribution in [0.2, 0.25) is 0 Å². The maximum Gasteiger partial charge on any atom is 0.191 e. The molecule has 0 atom stereocenters. The van der Waals surface area contributed by atoms with Crippen LogP contribution in [0.25, 0.3) is 0 Å². The molecule has 6 heteroatoms. The highest BCUT2D eigenvalue weighted by atomic mass is 127. The van der Waals surface area contributed by atoms with Crippen LogP contribution < -0.4 is 5.73 Å². The Morgan fingerprint density at radius 1 is 1.26 bits per heavy atom. The van der Waals surface area contributed by atoms with Crippen LogP contribution in [0.5, 0.6) is 0 Å². The van der Waals surface area contributed by atoms with E-state index < -0.39 is 0 Å². The van der Waals surface area contributed by atoms with Gasteiger partial charge in [0.1, 0.15) is 0 Å². The van der Waals surface area contributed by atoms with E-state index in [2.05, 4.69) is 16.1 Å². The Kier molecular flexibility index (Phi) is 7.83. The van der Waals surface area contributed by atoms with E-state index in [1.54, 1.807) is 0 Å². The number of ether oxygens (including phenoxy) is 1. The van der Waals surface area contributed by atoms with Gasteiger partial charge in [-0.25, -0.2) is 0 Å². The summed E-state index contributed by atoms with van der Waals surface area (Å²) in [6.07, 6.45) is 8.18. The number of aliphatic imine (C=N–C) groups is 1. The molecule has 0 aromatic heterocycles. The van der Waals surface area contributed by atoms with E-state index in [0.29, 0.717) is 0 Å². The Morgan fingerprint density at radius 3 is 2.47 bits per heavy atom. The minimum absolute atomic E-state index is 0. The van der Waals surface area contributed by atoms with E-state index in [0.717, 1.165) is 51.6 Å². The van der Waals surface area contributed by atoms with Crippen molar-refractivity contribution in [3.05, 3.63) is 0 Å². The lowest BCUT2D eigenvalue weighted by Crippen LogP contribution is -2.43. The molecule has 0 radical (unpaired) electrons. The first-order valence-electron chi connectivity index (χ1n) is 6.93. The van der Waals surface area contributed by atoms with Gasteiger partial charge in [0.2, 0.25) is 0 Å². The number of likely N-dealkylation sites (tertiary alicyclic amines) is 1. The SMILES string of the molecule is CSC1(CN=C(N)N2CCCCC2)CCOCC1.I. The number of nitrogens with zero attached hydrogens (tertiary/aromatic N) is 2. The third-order valence-corrected chi connectivity index (χ3v) is 5.45. The number of piperidine rings is 1. The van der Waals surface area contributed by atoms with Gasteiger partial charge in [0.25, 0.3) is 0 Å². The fourth-order valence-electron chi connectivity index (χ4n) is 2.62. The zero-order valence-corrected chi connectivity index (χ0v) is 14.9. The molecule has 0 unspecified atom stereocenters. The van der Waals surface area contributed by atoms with E-state index in [1.807, 2.05) is 11.8 Å². The molecule has 2 aliphatic rings. The molecule has 0 saturated carbocycles. The zero-order chi connectivity index (χ0) is 12.8. The zero-order valence-electron chi connectivity index (χ0n) is 11.8. The molecule has 0 aliphatic carbocycles. The monoisotopic (exact) mass is 399 g/mol. The second-order valence-corrected chi connectivity index (χ2v) is 6.50. The summed E-state index contributed by atoms with van der Waals surface area (Å²) in [5.74, 6) is 0.745. The van der Waals surface area contributed by atoms with Gasteiger partial charge in [-0.2, -0.15) is 11.8 Å². The molecule has 2 aliphatic heterocycles. The smallest absolute Gasteiger partial charge is 0.191 e. The molecule has 2 heterocycles. The summed E-state index contributed by atoms with van der Waals surface area (Å²) in [4.78, 5) is 6.89. The number of rotatable bonds is 3. The highest BCUT2D eigenvalue weighted by molar-refractivity contribution is 14.0. The van der Waals surface area contributed by atoms with Crippen molar-refractivity contribution in [2.24, 2.45) is 10.7 Å². The number of nitrogens with two attached hydrogens (primary N) is 1. The molecule has 19 heavy (non-hydrogen) atoms. The number of hydrogen-bond donors (Lipinski definition) is 1. The molecule has 0 bridgehead atoms. The average Bonchev–Trinajstić information content (AvgIpc) is 2.47. The first kappa shape index (κ1) is 17.4. The van der Waals surface area contributed by atoms with Crippen molar-refractivity contribution < 1.29 is 4.74 Å². The molecule has 112 valence electrons. The summed E-state index contributed by atoms with van der Waals surface area (Å²) in [5, 5.41) is 0. The minimum Gasteiger partial charge on any atom is -0.381 e. The minimum atomic E-state index is 0. The van der Waals surface area contributed by atoms with Crippen molar-refractivity contribution in [3.63, 3.8) is 0 Å². The Balaban J connectivity index is 0.00000180. The van der Waals surface area contributed by atoms with Gasteiger partial charge in [0, 0.05) is 31.1 Å². The Labute approximate surface area is 137 Å². The summed E-state index contributed by atoms with van der Waals surface area (Å²) in [5.41, 5.74) is 6.11. The first-order chi connectivity index (χ1) is 8.76. The molecule has 2 N–H and O–H groups in total. The maximum absolute atomic E-state index is 6.11. The van der Waals surface area contributed by atoms with Gasteiger partial charge in [0.05, 0.1) is 6.54 Å². The lowest BCUT2D eigenvalue weighted by molar-refractivity contribution is 0.0793. The third kappa shape index (κ3) is 4.97. The van der Waals surface area contributed by atoms with Crippen LogP contribution in [0.4, 0.5) is 0 Å². The van der Waals surface area contributed by atoms with Gasteiger partial charge < -0.3 is 15.4 Å². The van der Waals surface area contributed by atoms with E-state index >= 15 is 0 Å². The fourth-order valence-corrected chi connectivity index (χ4v) is 3.39. The highest BCUT2D eigenvalue weighted by Crippen LogP contribution is 2.34. The van der Waals surface area contributed by atoms with E-state index in [4.69, 9.17) is 10.5 Å². The van der Waals surface area contributed by atoms with Gasteiger partial charge >= 0.3 is 0 Å². The number of guanidine groups is 1. The van der Waals surface area contributed by atoms with Crippen LogP contribution in [-0.2, 0) is 4.74 Å². The summed E-state index contributed by atoms with van der Waals surface area (Å²) in [6.45, 7) is 4.70. The molecule has 2 rings (SSSR count). The van der Waals surface area contributed by atoms with Crippen LogP contribution in [-0.4, -0.2) is 54.7 Å². The average molecular weight is 399 g/mol. The number of thioether (sulfide) groups is 1. The van der Waals surface area contributed by atoms with Crippen molar-refractivity contribution >= 4 is 41.7 Å². The summed E-state index contributed by atoms with van der Waals surface area (Å²) >= 11 is 1.92. The van der Waals surface area contributed by atoms with Crippen LogP contribution in [0.3, 0.4) is 0 Å². The van der Waals surface area contributed by atoms with Crippen molar-refractivity contribution in [2.75, 3.05) is 39.1 Å². The fraction of sp³-hybridized carbons (Fsp3) is 0.923. The Hall–Kier alpha value is 0.310. The predicted molar refractivity (Wildman–Crippen MR) is 93.6 cm³/mol. The Morgan fingerprint density at radius 2 is 1.89 bits per heavy atom. The molecule has 0 aromatic rings. The van der Waals surface area contributed by atoms with Crippen molar-refractivity contribution in [3.8, 4) is 0 Å². The molecule has 0 amide bonds. The number of hydrogen-bond acceptors (Lipinski definition) is 3. The largest absolute Gasteiger partial charge is 0.381 e.